The van der Waals surface area contributed by atoms with E-state index in [0.717, 1.165) is 5.56 Å². The van der Waals surface area contributed by atoms with Gasteiger partial charge in [0.15, 0.2) is 0 Å². The third-order valence-corrected chi connectivity index (χ3v) is 4.38. The highest BCUT2D eigenvalue weighted by Gasteiger charge is 2.34. The molecule has 1 aromatic rings. The molecule has 0 bridgehead atoms. The molecule has 1 saturated heterocycles. The molecular formula is C19H29N5O4. The van der Waals surface area contributed by atoms with Crippen LogP contribution >= 0.6 is 0 Å². The van der Waals surface area contributed by atoms with E-state index in [4.69, 9.17) is 10.5 Å². The van der Waals surface area contributed by atoms with Crippen molar-refractivity contribution in [1.82, 2.24) is 14.8 Å². The van der Waals surface area contributed by atoms with Gasteiger partial charge in [0.1, 0.15) is 11.4 Å². The predicted molar refractivity (Wildman–Crippen MR) is 106 cm³/mol. The summed E-state index contributed by atoms with van der Waals surface area (Å²) in [6.07, 6.45) is 1.67. The lowest BCUT2D eigenvalue weighted by Gasteiger charge is -2.39. The van der Waals surface area contributed by atoms with Crippen molar-refractivity contribution in [3.8, 4) is 0 Å². The predicted octanol–water partition coefficient (Wildman–Crippen LogP) is 1.63. The van der Waals surface area contributed by atoms with Crippen LogP contribution in [0, 0.1) is 0 Å². The Morgan fingerprint density at radius 3 is 2.57 bits per heavy atom. The molecule has 1 aromatic heterocycles. The second-order valence-electron chi connectivity index (χ2n) is 7.85. The number of hydrogen-bond acceptors (Lipinski definition) is 6. The van der Waals surface area contributed by atoms with Gasteiger partial charge in [-0.05, 0) is 45.7 Å². The minimum Gasteiger partial charge on any atom is -0.444 e. The number of rotatable bonds is 2. The van der Waals surface area contributed by atoms with E-state index in [9.17, 15) is 14.4 Å². The molecule has 1 aliphatic heterocycles. The summed E-state index contributed by atoms with van der Waals surface area (Å²) >= 11 is 0. The summed E-state index contributed by atoms with van der Waals surface area (Å²) in [7, 11) is 0. The quantitative estimate of drug-likeness (QED) is 0.740. The van der Waals surface area contributed by atoms with Crippen molar-refractivity contribution >= 4 is 29.4 Å². The monoisotopic (exact) mass is 391 g/mol. The molecule has 0 spiro atoms. The Bertz CT molecular complexity index is 759. The smallest absolute Gasteiger partial charge is 0.410 e. The first-order valence-corrected chi connectivity index (χ1v) is 9.36. The van der Waals surface area contributed by atoms with E-state index < -0.39 is 23.5 Å². The Morgan fingerprint density at radius 1 is 1.32 bits per heavy atom. The minimum atomic E-state index is -0.744. The number of nitrogens with one attached hydrogen (secondary N) is 1. The molecule has 2 heterocycles. The molecule has 1 aliphatic rings. The molecule has 1 fully saturated rings. The molecule has 3 amide bonds. The van der Waals surface area contributed by atoms with E-state index in [-0.39, 0.29) is 19.1 Å². The highest BCUT2D eigenvalue weighted by Crippen LogP contribution is 2.17. The molecular weight excluding hydrogens is 362 g/mol. The molecule has 154 valence electrons. The number of anilines is 2. The van der Waals surface area contributed by atoms with E-state index in [2.05, 4.69) is 10.3 Å². The van der Waals surface area contributed by atoms with Gasteiger partial charge in [0.05, 0.1) is 11.9 Å². The van der Waals surface area contributed by atoms with Crippen LogP contribution in [0.2, 0.25) is 0 Å². The van der Waals surface area contributed by atoms with Crippen LogP contribution in [0.4, 0.5) is 16.3 Å². The Kier molecular flexibility index (Phi) is 6.48. The lowest BCUT2D eigenvalue weighted by Crippen LogP contribution is -2.57. The summed E-state index contributed by atoms with van der Waals surface area (Å²) in [6.45, 7) is 9.97. The van der Waals surface area contributed by atoms with Gasteiger partial charge in [0.2, 0.25) is 0 Å². The van der Waals surface area contributed by atoms with Crippen molar-refractivity contribution in [2.24, 2.45) is 0 Å². The Balaban J connectivity index is 1.96. The average Bonchev–Trinajstić information content (AvgIpc) is 2.60. The average molecular weight is 391 g/mol. The zero-order valence-corrected chi connectivity index (χ0v) is 17.1. The number of pyridine rings is 1. The minimum absolute atomic E-state index is 0.256. The van der Waals surface area contributed by atoms with E-state index >= 15 is 0 Å². The molecule has 0 radical (unpaired) electrons. The van der Waals surface area contributed by atoms with Gasteiger partial charge >= 0.3 is 17.9 Å². The third kappa shape index (κ3) is 5.34. The number of nitrogens with zero attached hydrogens (tertiary/aromatic N) is 3. The van der Waals surface area contributed by atoms with Crippen molar-refractivity contribution in [3.05, 3.63) is 17.8 Å². The molecule has 9 heteroatoms. The summed E-state index contributed by atoms with van der Waals surface area (Å²) in [5.41, 5.74) is 6.39. The van der Waals surface area contributed by atoms with Gasteiger partial charge in [0, 0.05) is 25.7 Å². The van der Waals surface area contributed by atoms with Gasteiger partial charge < -0.3 is 25.6 Å². The van der Waals surface area contributed by atoms with Gasteiger partial charge in [-0.1, -0.05) is 6.92 Å². The normalized spacial score (nSPS) is 17.2. The van der Waals surface area contributed by atoms with Crippen LogP contribution in [-0.4, -0.2) is 64.0 Å². The van der Waals surface area contributed by atoms with Crippen LogP contribution in [0.1, 0.15) is 40.2 Å². The number of nitrogen functional groups attached to an aromatic ring is 1. The van der Waals surface area contributed by atoms with Gasteiger partial charge in [-0.25, -0.2) is 9.78 Å². The first-order valence-electron chi connectivity index (χ1n) is 9.36. The highest BCUT2D eigenvalue weighted by atomic mass is 16.6. The second-order valence-corrected chi connectivity index (χ2v) is 7.85. The summed E-state index contributed by atoms with van der Waals surface area (Å²) < 4.78 is 5.39. The van der Waals surface area contributed by atoms with Gasteiger partial charge in [0.25, 0.3) is 0 Å². The zero-order valence-electron chi connectivity index (χ0n) is 17.1. The van der Waals surface area contributed by atoms with Crippen molar-refractivity contribution in [2.45, 2.75) is 52.7 Å². The van der Waals surface area contributed by atoms with E-state index in [1.165, 1.54) is 11.1 Å². The van der Waals surface area contributed by atoms with Crippen LogP contribution in [0.15, 0.2) is 12.3 Å². The van der Waals surface area contributed by atoms with Crippen molar-refractivity contribution in [1.29, 1.82) is 0 Å². The summed E-state index contributed by atoms with van der Waals surface area (Å²) in [6, 6.07) is 1.45. The maximum atomic E-state index is 12.5. The molecule has 0 aliphatic carbocycles. The molecule has 2 rings (SSSR count). The fourth-order valence-electron chi connectivity index (χ4n) is 2.93. The zero-order chi connectivity index (χ0) is 21.1. The van der Waals surface area contributed by atoms with Gasteiger partial charge in [-0.15, -0.1) is 0 Å². The number of piperazine rings is 1. The van der Waals surface area contributed by atoms with E-state index in [1.807, 2.05) is 13.8 Å². The summed E-state index contributed by atoms with van der Waals surface area (Å²) in [5.74, 6) is -0.990. The lowest BCUT2D eigenvalue weighted by molar-refractivity contribution is -0.145. The molecule has 28 heavy (non-hydrogen) atoms. The Morgan fingerprint density at radius 2 is 2.00 bits per heavy atom. The van der Waals surface area contributed by atoms with Crippen molar-refractivity contribution in [2.75, 3.05) is 30.7 Å². The molecule has 0 aromatic carbocycles. The fraction of sp³-hybridized carbons (Fsp3) is 0.579. The highest BCUT2D eigenvalue weighted by molar-refractivity contribution is 6.39. The molecule has 9 nitrogen and oxygen atoms in total. The maximum absolute atomic E-state index is 12.5. The van der Waals surface area contributed by atoms with Gasteiger partial charge in [-0.2, -0.15) is 0 Å². The fourth-order valence-corrected chi connectivity index (χ4v) is 2.93. The van der Waals surface area contributed by atoms with Crippen molar-refractivity contribution < 1.29 is 19.1 Å². The number of aryl methyl sites for hydroxylation is 1. The largest absolute Gasteiger partial charge is 0.444 e. The third-order valence-electron chi connectivity index (χ3n) is 4.38. The molecule has 3 N–H and O–H groups in total. The number of nitrogens with two attached hydrogens (primary N) is 1. The summed E-state index contributed by atoms with van der Waals surface area (Å²) in [4.78, 5) is 44.2. The Hall–Kier alpha value is -2.84. The van der Waals surface area contributed by atoms with Gasteiger partial charge in [-0.3, -0.25) is 9.59 Å². The second kappa shape index (κ2) is 8.45. The summed E-state index contributed by atoms with van der Waals surface area (Å²) in [5, 5.41) is 2.57. The number of carbonyl (C=O) groups is 3. The van der Waals surface area contributed by atoms with Crippen LogP contribution < -0.4 is 11.1 Å². The SMILES string of the molecule is CCc1cc(NC(=O)C(=O)N2CCN(C(=O)OC(C)(C)C)C(C)C2)cnc1N. The first-order chi connectivity index (χ1) is 13.0. The maximum Gasteiger partial charge on any atom is 0.410 e. The number of aromatic nitrogens is 1. The van der Waals surface area contributed by atoms with E-state index in [0.29, 0.717) is 24.5 Å². The number of amides is 3. The standard InChI is InChI=1S/C19H29N5O4/c1-6-13-9-14(10-21-15(13)20)22-16(25)17(26)23-7-8-24(12(2)11-23)18(27)28-19(3,4)5/h9-10,12H,6-8,11H2,1-5H3,(H2,20,21)(H,22,25). The Labute approximate surface area is 165 Å². The van der Waals surface area contributed by atoms with Crippen LogP contribution in [0.5, 0.6) is 0 Å². The van der Waals surface area contributed by atoms with E-state index in [1.54, 1.807) is 31.7 Å². The molecule has 1 unspecified atom stereocenters. The van der Waals surface area contributed by atoms with Crippen LogP contribution in [-0.2, 0) is 20.7 Å². The number of ether oxygens (including phenoxy) is 1. The topological polar surface area (TPSA) is 118 Å². The van der Waals surface area contributed by atoms with Crippen LogP contribution in [0.3, 0.4) is 0 Å². The number of carbonyl (C=O) groups excluding carboxylic acids is 3. The molecule has 0 saturated carbocycles. The van der Waals surface area contributed by atoms with Crippen molar-refractivity contribution in [3.63, 3.8) is 0 Å². The molecule has 1 atom stereocenters. The lowest BCUT2D eigenvalue weighted by atomic mass is 10.2. The van der Waals surface area contributed by atoms with Crippen LogP contribution in [0.25, 0.3) is 0 Å². The number of hydrogen-bond donors (Lipinski definition) is 2. The first kappa shape index (κ1) is 21.5.